The largest absolute Gasteiger partial charge is 0.613 e. The third kappa shape index (κ3) is 6.25. The van der Waals surface area contributed by atoms with Gasteiger partial charge in [-0.2, -0.15) is 4.98 Å². The normalized spacial score (nSPS) is 24.0. The number of carbonyl (C=O) groups excluding carboxylic acids is 1. The molecule has 12 heteroatoms. The molecule has 2 unspecified atom stereocenters. The summed E-state index contributed by atoms with van der Waals surface area (Å²) in [4.78, 5) is 27.3. The van der Waals surface area contributed by atoms with Gasteiger partial charge >= 0.3 is 19.8 Å². The van der Waals surface area contributed by atoms with Crippen LogP contribution >= 0.6 is 19.9 Å². The van der Waals surface area contributed by atoms with Crippen LogP contribution in [0.1, 0.15) is 32.6 Å². The average molecular weight is 419 g/mol. The quantitative estimate of drug-likeness (QED) is 0.408. The monoisotopic (exact) mass is 419 g/mol. The summed E-state index contributed by atoms with van der Waals surface area (Å²) in [5.41, 5.74) is 4.98. The van der Waals surface area contributed by atoms with Gasteiger partial charge in [0.15, 0.2) is 0 Å². The number of anilines is 1. The van der Waals surface area contributed by atoms with E-state index >= 15 is 0 Å². The summed E-state index contributed by atoms with van der Waals surface area (Å²) in [5, 5.41) is 12.0. The first-order valence-corrected chi connectivity index (χ1v) is 10.5. The van der Waals surface area contributed by atoms with Crippen molar-refractivity contribution in [3.63, 3.8) is 0 Å². The highest BCUT2D eigenvalue weighted by molar-refractivity contribution is 8.00. The van der Waals surface area contributed by atoms with Gasteiger partial charge in [0.1, 0.15) is 18.5 Å². The van der Waals surface area contributed by atoms with E-state index in [-0.39, 0.29) is 29.2 Å². The first-order valence-electron chi connectivity index (χ1n) is 8.42. The molecule has 4 N–H and O–H groups in total. The maximum Gasteiger partial charge on any atom is 0.613 e. The Morgan fingerprint density at radius 1 is 1.56 bits per heavy atom. The predicted molar refractivity (Wildman–Crippen MR) is 101 cm³/mol. The number of aliphatic hydroxyl groups is 1. The zero-order chi connectivity index (χ0) is 20.1. The van der Waals surface area contributed by atoms with Crippen molar-refractivity contribution in [1.29, 1.82) is 0 Å². The Hall–Kier alpha value is -1.52. The van der Waals surface area contributed by atoms with E-state index in [9.17, 15) is 19.3 Å². The van der Waals surface area contributed by atoms with Crippen LogP contribution in [-0.2, 0) is 18.6 Å². The zero-order valence-corrected chi connectivity index (χ0v) is 17.0. The highest BCUT2D eigenvalue weighted by Crippen LogP contribution is 2.41. The summed E-state index contributed by atoms with van der Waals surface area (Å²) >= 11 is 1.33. The number of hydrogen-bond acceptors (Lipinski definition) is 9. The Labute approximate surface area is 161 Å². The van der Waals surface area contributed by atoms with Crippen LogP contribution in [0.25, 0.3) is 0 Å². The number of nitrogens with two attached hydrogens (primary N) is 1. The summed E-state index contributed by atoms with van der Waals surface area (Å²) in [6, 6.07) is 0.723. The van der Waals surface area contributed by atoms with Crippen molar-refractivity contribution >= 4 is 31.7 Å². The SMILES string of the molecule is CC(C)OC(=O)[C@H](C)N[P+](=O)OCC1S[C@@H](n2ccc(N)nc2=O)C[C@H]1O. The van der Waals surface area contributed by atoms with Gasteiger partial charge in [-0.1, -0.05) is 5.09 Å². The van der Waals surface area contributed by atoms with Crippen LogP contribution in [0.4, 0.5) is 5.82 Å². The van der Waals surface area contributed by atoms with Gasteiger partial charge in [-0.05, 0) is 31.4 Å². The number of thioether (sulfide) groups is 1. The average Bonchev–Trinajstić information content (AvgIpc) is 2.92. The zero-order valence-electron chi connectivity index (χ0n) is 15.3. The molecule has 5 atom stereocenters. The molecule has 2 heterocycles. The number of nitrogens with zero attached hydrogens (tertiary/aromatic N) is 2. The van der Waals surface area contributed by atoms with Gasteiger partial charge in [0.2, 0.25) is 0 Å². The molecule has 0 aromatic carbocycles. The topological polar surface area (TPSA) is 146 Å². The molecule has 1 aliphatic heterocycles. The first kappa shape index (κ1) is 21.8. The fraction of sp³-hybridized carbons (Fsp3) is 0.667. The second kappa shape index (κ2) is 9.61. The Morgan fingerprint density at radius 3 is 2.89 bits per heavy atom. The molecular formula is C15H24N4O6PS+. The van der Waals surface area contributed by atoms with Crippen molar-refractivity contribution in [3.05, 3.63) is 22.7 Å². The Balaban J connectivity index is 1.84. The number of nitrogens with one attached hydrogen (secondary N) is 1. The molecule has 0 saturated carbocycles. The molecule has 1 aliphatic rings. The third-order valence-corrected chi connectivity index (χ3v) is 6.24. The second-order valence-corrected chi connectivity index (χ2v) is 8.82. The standard InChI is InChI=1S/C15H23N4O6PS/c1-8(2)25-14(21)9(3)18-26(23)24-7-11-10(20)6-13(27-11)19-5-4-12(16)17-15(19)22/h4-5,8-11,13,20H,6-7H2,1-3H3,(H2-,16,17,18,22,23)/p+1/t9-,10+,11?,13+/m0/s1. The number of ether oxygens (including phenoxy) is 1. The molecule has 1 aromatic heterocycles. The summed E-state index contributed by atoms with van der Waals surface area (Å²) < 4.78 is 23.6. The van der Waals surface area contributed by atoms with Crippen molar-refractivity contribution in [2.45, 2.75) is 56.1 Å². The second-order valence-electron chi connectivity index (χ2n) is 6.36. The van der Waals surface area contributed by atoms with Crippen LogP contribution in [-0.4, -0.2) is 50.7 Å². The van der Waals surface area contributed by atoms with Crippen molar-refractivity contribution in [2.75, 3.05) is 12.3 Å². The minimum absolute atomic E-state index is 0.00631. The lowest BCUT2D eigenvalue weighted by atomic mass is 10.2. The van der Waals surface area contributed by atoms with E-state index in [2.05, 4.69) is 10.1 Å². The fourth-order valence-corrected chi connectivity index (χ4v) is 4.74. The van der Waals surface area contributed by atoms with Gasteiger partial charge in [0.05, 0.1) is 22.8 Å². The van der Waals surface area contributed by atoms with Gasteiger partial charge in [-0.15, -0.1) is 16.3 Å². The van der Waals surface area contributed by atoms with Gasteiger partial charge in [-0.3, -0.25) is 9.36 Å². The van der Waals surface area contributed by atoms with Gasteiger partial charge in [-0.25, -0.2) is 4.79 Å². The Kier molecular flexibility index (Phi) is 7.75. The van der Waals surface area contributed by atoms with Crippen molar-refractivity contribution in [3.8, 4) is 0 Å². The summed E-state index contributed by atoms with van der Waals surface area (Å²) in [5.74, 6) is -0.393. The number of aliphatic hydroxyl groups excluding tert-OH is 1. The number of hydrogen-bond donors (Lipinski definition) is 3. The molecule has 0 bridgehead atoms. The molecule has 1 saturated heterocycles. The minimum Gasteiger partial charge on any atom is -0.462 e. The van der Waals surface area contributed by atoms with Gasteiger partial charge in [0, 0.05) is 12.6 Å². The Bertz CT molecular complexity index is 745. The molecular weight excluding hydrogens is 395 g/mol. The van der Waals surface area contributed by atoms with Crippen LogP contribution in [0, 0.1) is 0 Å². The van der Waals surface area contributed by atoms with Crippen molar-refractivity contribution < 1.29 is 23.7 Å². The Morgan fingerprint density at radius 2 is 2.26 bits per heavy atom. The minimum atomic E-state index is -2.31. The van der Waals surface area contributed by atoms with Crippen LogP contribution in [0.3, 0.4) is 0 Å². The van der Waals surface area contributed by atoms with Crippen LogP contribution in [0.15, 0.2) is 17.1 Å². The van der Waals surface area contributed by atoms with E-state index in [1.54, 1.807) is 13.8 Å². The summed E-state index contributed by atoms with van der Waals surface area (Å²) in [6.45, 7) is 4.96. The molecule has 0 radical (unpaired) electrons. The van der Waals surface area contributed by atoms with Crippen molar-refractivity contribution in [2.24, 2.45) is 0 Å². The molecule has 27 heavy (non-hydrogen) atoms. The molecule has 2 rings (SSSR count). The lowest BCUT2D eigenvalue weighted by Gasteiger charge is -2.12. The van der Waals surface area contributed by atoms with E-state index in [4.69, 9.17) is 15.0 Å². The molecule has 0 aliphatic carbocycles. The number of esters is 1. The summed E-state index contributed by atoms with van der Waals surface area (Å²) in [6.07, 6.45) is 0.846. The highest BCUT2D eigenvalue weighted by atomic mass is 32.2. The number of nitrogen functional groups attached to an aromatic ring is 1. The molecule has 1 aromatic rings. The lowest BCUT2D eigenvalue weighted by molar-refractivity contribution is -0.149. The van der Waals surface area contributed by atoms with Gasteiger partial charge < -0.3 is 15.6 Å². The van der Waals surface area contributed by atoms with Crippen LogP contribution < -0.4 is 16.5 Å². The lowest BCUT2D eigenvalue weighted by Crippen LogP contribution is -2.33. The predicted octanol–water partition coefficient (Wildman–Crippen LogP) is 0.794. The van der Waals surface area contributed by atoms with Crippen molar-refractivity contribution in [1.82, 2.24) is 14.6 Å². The van der Waals surface area contributed by atoms with E-state index in [1.807, 2.05) is 0 Å². The molecule has 0 amide bonds. The summed E-state index contributed by atoms with van der Waals surface area (Å²) in [7, 11) is -2.31. The van der Waals surface area contributed by atoms with Crippen LogP contribution in [0.5, 0.6) is 0 Å². The maximum absolute atomic E-state index is 12.0. The maximum atomic E-state index is 12.0. The van der Waals surface area contributed by atoms with Gasteiger partial charge in [0.25, 0.3) is 0 Å². The molecule has 150 valence electrons. The first-order chi connectivity index (χ1) is 12.7. The smallest absolute Gasteiger partial charge is 0.462 e. The molecule has 1 fully saturated rings. The van der Waals surface area contributed by atoms with E-state index < -0.39 is 32.0 Å². The highest BCUT2D eigenvalue weighted by Gasteiger charge is 2.38. The third-order valence-electron chi connectivity index (χ3n) is 3.73. The number of rotatable bonds is 8. The van der Waals surface area contributed by atoms with E-state index in [0.29, 0.717) is 6.42 Å². The number of aromatic nitrogens is 2. The molecule has 0 spiro atoms. The van der Waals surface area contributed by atoms with Crippen LogP contribution in [0.2, 0.25) is 0 Å². The van der Waals surface area contributed by atoms with E-state index in [1.165, 1.54) is 35.5 Å². The fourth-order valence-electron chi connectivity index (χ4n) is 2.40. The molecule has 10 nitrogen and oxygen atoms in total. The number of carbonyl (C=O) groups is 1. The van der Waals surface area contributed by atoms with E-state index in [0.717, 1.165) is 0 Å².